The Morgan fingerprint density at radius 1 is 0.422 bits per heavy atom. The van der Waals surface area contributed by atoms with E-state index in [1.54, 1.807) is 11.3 Å². The summed E-state index contributed by atoms with van der Waals surface area (Å²) >= 11 is 1.56. The van der Waals surface area contributed by atoms with Crippen LogP contribution in [0, 0.1) is 22.9 Å². The molecule has 5 heteroatoms. The highest BCUT2D eigenvalue weighted by molar-refractivity contribution is 7.26. The Kier molecular flexibility index (Phi) is 5.46. The smallest absolute Gasteiger partial charge is 0.172 e. The molecule has 4 nitrogen and oxygen atoms in total. The van der Waals surface area contributed by atoms with E-state index in [2.05, 4.69) is 119 Å². The average molecular weight is 589 g/mol. The van der Waals surface area contributed by atoms with Gasteiger partial charge in [-0.1, -0.05) is 97.1 Å². The van der Waals surface area contributed by atoms with Gasteiger partial charge in [0.05, 0.1) is 9.40 Å². The first-order valence-corrected chi connectivity index (χ1v) is 15.4. The number of thiophene rings is 1. The highest BCUT2D eigenvalue weighted by Crippen LogP contribution is 2.43. The maximum atomic E-state index is 9.73. The van der Waals surface area contributed by atoms with Crippen molar-refractivity contribution in [2.24, 2.45) is 9.98 Å². The van der Waals surface area contributed by atoms with Gasteiger partial charge in [0, 0.05) is 21.5 Å². The summed E-state index contributed by atoms with van der Waals surface area (Å²) in [5.41, 5.74) is 4.37. The van der Waals surface area contributed by atoms with E-state index in [9.17, 15) is 10.5 Å². The van der Waals surface area contributed by atoms with Crippen molar-refractivity contribution in [2.75, 3.05) is 0 Å². The molecule has 9 aromatic rings. The molecule has 0 saturated carbocycles. The second-order valence-electron chi connectivity index (χ2n) is 11.3. The highest BCUT2D eigenvalue weighted by atomic mass is 32.1. The van der Waals surface area contributed by atoms with Crippen LogP contribution < -0.4 is 10.7 Å². The van der Waals surface area contributed by atoms with Crippen molar-refractivity contribution in [2.45, 2.75) is 0 Å². The number of benzene rings is 6. The summed E-state index contributed by atoms with van der Waals surface area (Å²) in [7, 11) is 0. The molecule has 9 rings (SSSR count). The molecule has 1 heterocycles. The minimum atomic E-state index is 0.676. The fourth-order valence-electron chi connectivity index (χ4n) is 6.86. The van der Waals surface area contributed by atoms with Crippen LogP contribution in [0.25, 0.3) is 85.5 Å². The van der Waals surface area contributed by atoms with Crippen LogP contribution in [0.1, 0.15) is 0 Å². The van der Waals surface area contributed by atoms with Crippen LogP contribution in [0.15, 0.2) is 131 Å². The third kappa shape index (κ3) is 3.76. The van der Waals surface area contributed by atoms with Crippen molar-refractivity contribution in [1.82, 2.24) is 0 Å². The summed E-state index contributed by atoms with van der Waals surface area (Å²) < 4.78 is 1.89. The Hall–Kier alpha value is -6.14. The highest BCUT2D eigenvalue weighted by Gasteiger charge is 2.21. The van der Waals surface area contributed by atoms with Crippen molar-refractivity contribution < 1.29 is 0 Å². The summed E-state index contributed by atoms with van der Waals surface area (Å²) in [5, 5.41) is 31.7. The molecule has 8 aromatic carbocycles. The van der Waals surface area contributed by atoms with E-state index in [0.717, 1.165) is 64.0 Å². The molecule has 206 valence electrons. The van der Waals surface area contributed by atoms with Crippen LogP contribution in [0.4, 0.5) is 0 Å². The van der Waals surface area contributed by atoms with Gasteiger partial charge in [0.15, 0.2) is 0 Å². The van der Waals surface area contributed by atoms with E-state index < -0.39 is 0 Å². The monoisotopic (exact) mass is 588 g/mol. The summed E-state index contributed by atoms with van der Waals surface area (Å²) in [6, 6.07) is 42.5. The van der Waals surface area contributed by atoms with Gasteiger partial charge >= 0.3 is 0 Å². The topological polar surface area (TPSA) is 72.3 Å². The fraction of sp³-hybridized carbons (Fsp3) is 0. The van der Waals surface area contributed by atoms with Gasteiger partial charge < -0.3 is 0 Å². The zero-order chi connectivity index (χ0) is 30.1. The zero-order valence-corrected chi connectivity index (χ0v) is 24.6. The van der Waals surface area contributed by atoms with Crippen LogP contribution >= 0.6 is 11.3 Å². The van der Waals surface area contributed by atoms with Crippen LogP contribution in [0.2, 0.25) is 0 Å². The van der Waals surface area contributed by atoms with Crippen LogP contribution in [-0.2, 0) is 0 Å². The number of fused-ring (bicyclic) bond motifs is 9. The standard InChI is InChI=1S/C40H20N4S/c41-21-43-37-33-19-29(27-11-9-23-5-1-3-7-25(23)17-27)13-15-31(33)35-36-32-16-14-30(28-12-10-24-6-2-4-8-26(24)18-28)20-34(32)38(44-22-42)40(36)45-39(35)37/h1-20H/b43-37-,44-38+. The molecule has 0 unspecified atom stereocenters. The molecule has 0 atom stereocenters. The predicted molar refractivity (Wildman–Crippen MR) is 185 cm³/mol. The molecular formula is C40H20N4S. The fourth-order valence-corrected chi connectivity index (χ4v) is 8.20. The van der Waals surface area contributed by atoms with Gasteiger partial charge in [0.1, 0.15) is 10.7 Å². The lowest BCUT2D eigenvalue weighted by molar-refractivity contribution is 1.38. The second kappa shape index (κ2) is 9.69. The Balaban J connectivity index is 1.31. The van der Waals surface area contributed by atoms with Crippen molar-refractivity contribution in [3.8, 4) is 34.6 Å². The van der Waals surface area contributed by atoms with Gasteiger partial charge in [-0.3, -0.25) is 0 Å². The predicted octanol–water partition coefficient (Wildman–Crippen LogP) is 9.64. The van der Waals surface area contributed by atoms with Crippen LogP contribution in [0.5, 0.6) is 0 Å². The number of hydrogen-bond donors (Lipinski definition) is 0. The largest absolute Gasteiger partial charge is 0.206 e. The zero-order valence-electron chi connectivity index (χ0n) is 23.7. The van der Waals surface area contributed by atoms with Crippen molar-refractivity contribution in [3.63, 3.8) is 0 Å². The molecule has 1 aromatic heterocycles. The summed E-state index contributed by atoms with van der Waals surface area (Å²) in [6.45, 7) is 0. The SMILES string of the molecule is N#C/N=c1/c2cc(-c3ccc4ccccc4c3)ccc2c2c1sc1/c(=N/C#N)c3cc(-c4ccc5ccccc5c4)ccc3c12. The first kappa shape index (κ1) is 25.4. The normalized spacial score (nSPS) is 12.7. The van der Waals surface area contributed by atoms with Crippen molar-refractivity contribution in [3.05, 3.63) is 132 Å². The molecule has 0 aliphatic heterocycles. The molecule has 0 spiro atoms. The minimum Gasteiger partial charge on any atom is -0.172 e. The lowest BCUT2D eigenvalue weighted by atomic mass is 9.98. The first-order valence-electron chi connectivity index (χ1n) is 14.6. The Morgan fingerprint density at radius 2 is 0.822 bits per heavy atom. The van der Waals surface area contributed by atoms with Gasteiger partial charge in [-0.2, -0.15) is 20.5 Å². The average Bonchev–Trinajstić information content (AvgIpc) is 3.71. The van der Waals surface area contributed by atoms with Crippen LogP contribution in [-0.4, -0.2) is 0 Å². The summed E-state index contributed by atoms with van der Waals surface area (Å²) in [6.07, 6.45) is 4.09. The molecule has 0 aliphatic rings. The Labute approximate surface area is 261 Å². The lowest BCUT2D eigenvalue weighted by Crippen LogP contribution is -1.98. The molecule has 0 N–H and O–H groups in total. The maximum absolute atomic E-state index is 9.73. The lowest BCUT2D eigenvalue weighted by Gasteiger charge is -2.05. The number of nitriles is 2. The van der Waals surface area contributed by atoms with Gasteiger partial charge in [-0.25, -0.2) is 0 Å². The van der Waals surface area contributed by atoms with Gasteiger partial charge in [-0.15, -0.1) is 11.3 Å². The maximum Gasteiger partial charge on any atom is 0.206 e. The minimum absolute atomic E-state index is 0.676. The molecule has 0 bridgehead atoms. The number of rotatable bonds is 2. The van der Waals surface area contributed by atoms with Gasteiger partial charge in [-0.05, 0) is 78.8 Å². The van der Waals surface area contributed by atoms with E-state index in [1.807, 2.05) is 24.5 Å². The number of hydrogen-bond acceptors (Lipinski definition) is 5. The molecule has 0 radical (unpaired) electrons. The molecule has 0 fully saturated rings. The molecular weight excluding hydrogens is 569 g/mol. The van der Waals surface area contributed by atoms with E-state index in [4.69, 9.17) is 0 Å². The van der Waals surface area contributed by atoms with Crippen molar-refractivity contribution in [1.29, 1.82) is 10.5 Å². The quantitative estimate of drug-likeness (QED) is 0.189. The van der Waals surface area contributed by atoms with E-state index in [0.29, 0.717) is 10.7 Å². The summed E-state index contributed by atoms with van der Waals surface area (Å²) in [4.78, 5) is 8.67. The Bertz CT molecular complexity index is 2710. The second-order valence-corrected chi connectivity index (χ2v) is 12.3. The number of nitrogens with zero attached hydrogens (tertiary/aromatic N) is 4. The molecule has 0 aliphatic carbocycles. The summed E-state index contributed by atoms with van der Waals surface area (Å²) in [5.74, 6) is 0. The van der Waals surface area contributed by atoms with Crippen molar-refractivity contribution >= 4 is 74.6 Å². The van der Waals surface area contributed by atoms with E-state index in [-0.39, 0.29) is 0 Å². The molecule has 0 amide bonds. The third-order valence-electron chi connectivity index (χ3n) is 8.92. The first-order chi connectivity index (χ1) is 22.2. The van der Waals surface area contributed by atoms with Gasteiger partial charge in [0.25, 0.3) is 0 Å². The molecule has 45 heavy (non-hydrogen) atoms. The van der Waals surface area contributed by atoms with E-state index >= 15 is 0 Å². The molecule has 0 saturated heterocycles. The van der Waals surface area contributed by atoms with E-state index in [1.165, 1.54) is 21.5 Å². The van der Waals surface area contributed by atoms with Gasteiger partial charge in [0.2, 0.25) is 12.4 Å². The van der Waals surface area contributed by atoms with Crippen LogP contribution in [0.3, 0.4) is 0 Å². The Morgan fingerprint density at radius 3 is 1.27 bits per heavy atom. The third-order valence-corrected chi connectivity index (χ3v) is 10.1.